The van der Waals surface area contributed by atoms with Crippen LogP contribution >= 0.6 is 11.6 Å². The number of alkyl halides is 6. The number of amides is 1. The number of aryl methyl sites for hydroxylation is 1. The summed E-state index contributed by atoms with van der Waals surface area (Å²) in [5.74, 6) is -6.42. The van der Waals surface area contributed by atoms with Gasteiger partial charge in [-0.25, -0.2) is 0 Å². The number of ether oxygens (including phenoxy) is 1. The fraction of sp³-hybridized carbons (Fsp3) is 0.520. The molecule has 0 aliphatic heterocycles. The van der Waals surface area contributed by atoms with E-state index in [1.54, 1.807) is 26.8 Å². The van der Waals surface area contributed by atoms with E-state index in [1.165, 1.54) is 12.1 Å². The first-order valence-corrected chi connectivity index (χ1v) is 11.6. The first-order valence-electron chi connectivity index (χ1n) is 11.2. The lowest BCUT2D eigenvalue weighted by Crippen LogP contribution is -2.40. The molecule has 1 aromatic carbocycles. The van der Waals surface area contributed by atoms with Crippen molar-refractivity contribution in [2.45, 2.75) is 64.9 Å². The van der Waals surface area contributed by atoms with Crippen molar-refractivity contribution in [3.8, 4) is 0 Å². The van der Waals surface area contributed by atoms with Crippen molar-refractivity contribution in [2.75, 3.05) is 5.32 Å². The first kappa shape index (κ1) is 29.7. The van der Waals surface area contributed by atoms with Crippen molar-refractivity contribution < 1.29 is 40.7 Å². The normalized spacial score (nSPS) is 18.3. The summed E-state index contributed by atoms with van der Waals surface area (Å²) in [5.41, 5.74) is -1.02. The Morgan fingerprint density at radius 3 is 2.28 bits per heavy atom. The summed E-state index contributed by atoms with van der Waals surface area (Å²) in [6.07, 6.45) is -7.04. The number of esters is 1. The molecule has 2 rings (SSSR count). The smallest absolute Gasteiger partial charge is 0.416 e. The third-order valence-corrected chi connectivity index (χ3v) is 5.94. The van der Waals surface area contributed by atoms with Crippen LogP contribution in [-0.2, 0) is 20.7 Å². The van der Waals surface area contributed by atoms with Gasteiger partial charge in [-0.3, -0.25) is 9.59 Å². The minimum absolute atomic E-state index is 0.0285. The predicted molar refractivity (Wildman–Crippen MR) is 124 cm³/mol. The molecule has 3 atom stereocenters. The molecule has 0 fully saturated rings. The molecule has 0 heterocycles. The van der Waals surface area contributed by atoms with E-state index in [0.717, 1.165) is 19.1 Å². The molecule has 1 aliphatic rings. The van der Waals surface area contributed by atoms with Crippen molar-refractivity contribution in [3.63, 3.8) is 0 Å². The Labute approximate surface area is 210 Å². The van der Waals surface area contributed by atoms with Crippen LogP contribution in [0.15, 0.2) is 42.0 Å². The number of hydrogen-bond donors (Lipinski definition) is 1. The van der Waals surface area contributed by atoms with Crippen LogP contribution in [0.5, 0.6) is 0 Å². The number of allylic oxidation sites excluding steroid dienone is 4. The second kappa shape index (κ2) is 11.3. The van der Waals surface area contributed by atoms with Gasteiger partial charge < -0.3 is 10.1 Å². The molecule has 1 N–H and O–H groups in total. The zero-order valence-corrected chi connectivity index (χ0v) is 20.9. The van der Waals surface area contributed by atoms with Gasteiger partial charge in [-0.1, -0.05) is 42.8 Å². The van der Waals surface area contributed by atoms with Crippen LogP contribution in [0.2, 0.25) is 5.02 Å². The number of nitrogens with one attached hydrogen (secondary N) is 1. The maximum Gasteiger partial charge on any atom is 0.416 e. The molecule has 200 valence electrons. The van der Waals surface area contributed by atoms with Gasteiger partial charge in [0.25, 0.3) is 0 Å². The Kier molecular flexibility index (Phi) is 9.31. The van der Waals surface area contributed by atoms with E-state index in [-0.39, 0.29) is 30.0 Å². The molecule has 0 radical (unpaired) electrons. The van der Waals surface area contributed by atoms with Crippen LogP contribution < -0.4 is 5.32 Å². The van der Waals surface area contributed by atoms with E-state index in [4.69, 9.17) is 16.3 Å². The minimum Gasteiger partial charge on any atom is -0.460 e. The highest BCUT2D eigenvalue weighted by molar-refractivity contribution is 6.33. The number of halogens is 7. The van der Waals surface area contributed by atoms with Gasteiger partial charge >= 0.3 is 18.3 Å². The van der Waals surface area contributed by atoms with Gasteiger partial charge in [-0.05, 0) is 57.2 Å². The maximum atomic E-state index is 13.6. The van der Waals surface area contributed by atoms with E-state index < -0.39 is 53.2 Å². The average molecular weight is 540 g/mol. The van der Waals surface area contributed by atoms with E-state index >= 15 is 0 Å². The number of anilines is 1. The predicted octanol–water partition coefficient (Wildman–Crippen LogP) is 7.43. The number of hydrogen-bond acceptors (Lipinski definition) is 3. The Balaban J connectivity index is 2.22. The Bertz CT molecular complexity index is 1020. The molecule has 1 amide bonds. The summed E-state index contributed by atoms with van der Waals surface area (Å²) in [4.78, 5) is 25.0. The van der Waals surface area contributed by atoms with Crippen molar-refractivity contribution in [1.29, 1.82) is 0 Å². The molecular formula is C25H28ClF6NO3. The number of benzene rings is 1. The van der Waals surface area contributed by atoms with Gasteiger partial charge in [0, 0.05) is 6.42 Å². The van der Waals surface area contributed by atoms with Crippen LogP contribution in [0.3, 0.4) is 0 Å². The Morgan fingerprint density at radius 1 is 1.14 bits per heavy atom. The molecule has 36 heavy (non-hydrogen) atoms. The van der Waals surface area contributed by atoms with Crippen LogP contribution in [0, 0.1) is 17.8 Å². The molecule has 0 saturated carbocycles. The molecule has 1 aromatic rings. The molecule has 0 bridgehead atoms. The number of carbonyl (C=O) groups is 2. The third-order valence-electron chi connectivity index (χ3n) is 5.61. The standard InChI is InChI=1S/C25H28ClF6NO3/c1-14(24(27,28)29)21(16-7-9-17(10-8-16)25(30,31)32)22(35)33-19-13-15(5-11-18(19)26)6-12-20(34)36-23(2,3)4/h5,7,9-11,13-14,16,21H,6,8,12H2,1-4H3,(H,33,35)/t14-,16?,21+/m1/s1. The van der Waals surface area contributed by atoms with Crippen LogP contribution in [0.4, 0.5) is 32.0 Å². The largest absolute Gasteiger partial charge is 0.460 e. The Morgan fingerprint density at radius 2 is 1.78 bits per heavy atom. The van der Waals surface area contributed by atoms with Crippen LogP contribution in [-0.4, -0.2) is 29.8 Å². The van der Waals surface area contributed by atoms with E-state index in [9.17, 15) is 35.9 Å². The zero-order chi connectivity index (χ0) is 27.5. The molecule has 0 spiro atoms. The van der Waals surface area contributed by atoms with Crippen LogP contribution in [0.25, 0.3) is 0 Å². The minimum atomic E-state index is -4.76. The summed E-state index contributed by atoms with van der Waals surface area (Å²) >= 11 is 6.14. The maximum absolute atomic E-state index is 13.6. The SMILES string of the molecule is C[C@H]([C@H](C(=O)Nc1cc(CCC(=O)OC(C)(C)C)ccc1Cl)C1C=CC(C(F)(F)F)=CC1)C(F)(F)F. The molecule has 1 unspecified atom stereocenters. The van der Waals surface area contributed by atoms with Gasteiger partial charge in [-0.15, -0.1) is 0 Å². The van der Waals surface area contributed by atoms with Gasteiger partial charge in [0.05, 0.1) is 28.1 Å². The summed E-state index contributed by atoms with van der Waals surface area (Å²) in [6.45, 7) is 5.99. The topological polar surface area (TPSA) is 55.4 Å². The third kappa shape index (κ3) is 8.57. The van der Waals surface area contributed by atoms with Gasteiger partial charge in [0.2, 0.25) is 5.91 Å². The second-order valence-corrected chi connectivity index (χ2v) is 10.1. The van der Waals surface area contributed by atoms with Crippen molar-refractivity contribution >= 4 is 29.2 Å². The van der Waals surface area contributed by atoms with Gasteiger partial charge in [0.15, 0.2) is 0 Å². The van der Waals surface area contributed by atoms with E-state index in [1.807, 2.05) is 0 Å². The quantitative estimate of drug-likeness (QED) is 0.289. The lowest BCUT2D eigenvalue weighted by molar-refractivity contribution is -0.188. The zero-order valence-electron chi connectivity index (χ0n) is 20.2. The molecule has 1 aliphatic carbocycles. The molecule has 0 saturated heterocycles. The fourth-order valence-corrected chi connectivity index (χ4v) is 3.95. The highest BCUT2D eigenvalue weighted by atomic mass is 35.5. The second-order valence-electron chi connectivity index (χ2n) is 9.66. The van der Waals surface area contributed by atoms with E-state index in [2.05, 4.69) is 5.32 Å². The fourth-order valence-electron chi connectivity index (χ4n) is 3.79. The van der Waals surface area contributed by atoms with Crippen molar-refractivity contribution in [3.05, 3.63) is 52.6 Å². The van der Waals surface area contributed by atoms with E-state index in [0.29, 0.717) is 11.6 Å². The van der Waals surface area contributed by atoms with Crippen molar-refractivity contribution in [2.24, 2.45) is 17.8 Å². The number of carbonyl (C=O) groups excluding carboxylic acids is 2. The Hall–Kier alpha value is -2.49. The van der Waals surface area contributed by atoms with Gasteiger partial charge in [-0.2, -0.15) is 26.3 Å². The molecule has 0 aromatic heterocycles. The first-order chi connectivity index (χ1) is 16.4. The average Bonchev–Trinajstić information content (AvgIpc) is 2.72. The van der Waals surface area contributed by atoms with Crippen molar-refractivity contribution in [1.82, 2.24) is 0 Å². The lowest BCUT2D eigenvalue weighted by atomic mass is 9.77. The molecule has 11 heteroatoms. The lowest BCUT2D eigenvalue weighted by Gasteiger charge is -2.31. The van der Waals surface area contributed by atoms with Crippen LogP contribution in [0.1, 0.15) is 46.1 Å². The summed E-state index contributed by atoms with van der Waals surface area (Å²) < 4.78 is 84.8. The monoisotopic (exact) mass is 539 g/mol. The molecular weight excluding hydrogens is 512 g/mol. The number of rotatable bonds is 7. The summed E-state index contributed by atoms with van der Waals surface area (Å²) in [6, 6.07) is 4.48. The highest BCUT2D eigenvalue weighted by Crippen LogP contribution is 2.41. The molecule has 4 nitrogen and oxygen atoms in total. The highest BCUT2D eigenvalue weighted by Gasteiger charge is 2.47. The summed E-state index contributed by atoms with van der Waals surface area (Å²) in [5, 5.41) is 2.46. The summed E-state index contributed by atoms with van der Waals surface area (Å²) in [7, 11) is 0. The van der Waals surface area contributed by atoms with Gasteiger partial charge in [0.1, 0.15) is 5.60 Å².